The second kappa shape index (κ2) is 9.73. The molecule has 0 unspecified atom stereocenters. The second-order valence-electron chi connectivity index (χ2n) is 3.88. The first-order valence-electron chi connectivity index (χ1n) is 5.52. The molecule has 5 heteroatoms. The van der Waals surface area contributed by atoms with E-state index in [1.54, 1.807) is 0 Å². The summed E-state index contributed by atoms with van der Waals surface area (Å²) in [5.41, 5.74) is 7.44. The van der Waals surface area contributed by atoms with Gasteiger partial charge in [-0.15, -0.1) is 0 Å². The van der Waals surface area contributed by atoms with E-state index in [9.17, 15) is 4.79 Å². The van der Waals surface area contributed by atoms with Crippen LogP contribution in [0.15, 0.2) is 0 Å². The fourth-order valence-corrected chi connectivity index (χ4v) is 1.09. The Morgan fingerprint density at radius 3 is 2.73 bits per heavy atom. The number of carbonyl (C=O) groups is 1. The smallest absolute Gasteiger partial charge is 0.336 e. The molecule has 0 atom stereocenters. The number of unbranched alkanes of at least 4 members (excludes halogenated alkanes) is 1. The van der Waals surface area contributed by atoms with Gasteiger partial charge in [0.2, 0.25) is 0 Å². The molecule has 0 aromatic carbocycles. The zero-order chi connectivity index (χ0) is 11.5. The summed E-state index contributed by atoms with van der Waals surface area (Å²) < 4.78 is 0. The van der Waals surface area contributed by atoms with Gasteiger partial charge in [0, 0.05) is 13.1 Å². The first-order chi connectivity index (χ1) is 7.16. The first-order valence-corrected chi connectivity index (χ1v) is 5.52. The van der Waals surface area contributed by atoms with Gasteiger partial charge >= 0.3 is 6.03 Å². The second-order valence-corrected chi connectivity index (χ2v) is 3.88. The Hall–Kier alpha value is -0.810. The highest BCUT2D eigenvalue weighted by Crippen LogP contribution is 2.04. The molecule has 4 N–H and O–H groups in total. The quantitative estimate of drug-likeness (QED) is 0.419. The predicted octanol–water partition coefficient (Wildman–Crippen LogP) is 1.00. The number of nitrogens with one attached hydrogen (secondary N) is 2. The third-order valence-corrected chi connectivity index (χ3v) is 1.88. The van der Waals surface area contributed by atoms with Gasteiger partial charge in [0.05, 0.1) is 6.61 Å². The highest BCUT2D eigenvalue weighted by molar-refractivity contribution is 5.72. The predicted molar refractivity (Wildman–Crippen MR) is 60.2 cm³/mol. The van der Waals surface area contributed by atoms with Gasteiger partial charge in [-0.3, -0.25) is 4.84 Å². The van der Waals surface area contributed by atoms with Crippen molar-refractivity contribution in [2.75, 3.05) is 19.7 Å². The summed E-state index contributed by atoms with van der Waals surface area (Å²) >= 11 is 0. The average Bonchev–Trinajstić information content (AvgIpc) is 2.17. The molecule has 0 aromatic rings. The average molecular weight is 217 g/mol. The van der Waals surface area contributed by atoms with Gasteiger partial charge in [-0.1, -0.05) is 26.7 Å². The Bertz CT molecular complexity index is 163. The molecule has 0 saturated heterocycles. The van der Waals surface area contributed by atoms with Crippen molar-refractivity contribution in [1.82, 2.24) is 10.8 Å². The van der Waals surface area contributed by atoms with Crippen LogP contribution in [0.1, 0.15) is 33.1 Å². The van der Waals surface area contributed by atoms with E-state index in [2.05, 4.69) is 24.6 Å². The van der Waals surface area contributed by atoms with Crippen LogP contribution in [-0.4, -0.2) is 25.7 Å². The molecule has 0 spiro atoms. The van der Waals surface area contributed by atoms with Crippen molar-refractivity contribution < 1.29 is 9.63 Å². The van der Waals surface area contributed by atoms with Gasteiger partial charge in [-0.2, -0.15) is 0 Å². The zero-order valence-corrected chi connectivity index (χ0v) is 9.71. The van der Waals surface area contributed by atoms with Gasteiger partial charge in [0.25, 0.3) is 0 Å². The van der Waals surface area contributed by atoms with Crippen LogP contribution in [0, 0.1) is 5.92 Å². The molecular weight excluding hydrogens is 194 g/mol. The van der Waals surface area contributed by atoms with Crippen LogP contribution in [0.4, 0.5) is 4.79 Å². The molecule has 0 heterocycles. The molecular formula is C10H23N3O2. The number of carbonyl (C=O) groups excluding carboxylic acids is 1. The van der Waals surface area contributed by atoms with Crippen LogP contribution in [0.25, 0.3) is 0 Å². The van der Waals surface area contributed by atoms with Gasteiger partial charge in [-0.25, -0.2) is 10.3 Å². The minimum Gasteiger partial charge on any atom is -0.336 e. The maximum Gasteiger partial charge on any atom is 0.338 e. The van der Waals surface area contributed by atoms with Crippen LogP contribution in [0.2, 0.25) is 0 Å². The Labute approximate surface area is 91.7 Å². The van der Waals surface area contributed by atoms with Crippen LogP contribution in [-0.2, 0) is 4.84 Å². The zero-order valence-electron chi connectivity index (χ0n) is 9.71. The van der Waals surface area contributed by atoms with E-state index in [1.807, 2.05) is 0 Å². The molecule has 0 radical (unpaired) electrons. The van der Waals surface area contributed by atoms with Crippen molar-refractivity contribution in [1.29, 1.82) is 0 Å². The highest BCUT2D eigenvalue weighted by atomic mass is 16.7. The highest BCUT2D eigenvalue weighted by Gasteiger charge is 1.98. The van der Waals surface area contributed by atoms with E-state index in [4.69, 9.17) is 10.6 Å². The molecule has 0 aliphatic rings. The first kappa shape index (κ1) is 14.2. The molecule has 0 aromatic heterocycles. The lowest BCUT2D eigenvalue weighted by Crippen LogP contribution is -2.37. The number of urea groups is 1. The number of rotatable bonds is 8. The fraction of sp³-hybridized carbons (Fsp3) is 0.900. The summed E-state index contributed by atoms with van der Waals surface area (Å²) in [5.74, 6) is 0.728. The topological polar surface area (TPSA) is 76.4 Å². The van der Waals surface area contributed by atoms with E-state index < -0.39 is 0 Å². The molecule has 0 aliphatic heterocycles. The summed E-state index contributed by atoms with van der Waals surface area (Å²) in [5, 5.41) is 2.70. The SMILES string of the molecule is CC(C)CCCCNC(=O)NOCCN. The standard InChI is InChI=1S/C10H23N3O2/c1-9(2)5-3-4-7-12-10(14)13-15-8-6-11/h9H,3-8,11H2,1-2H3,(H2,12,13,14). The lowest BCUT2D eigenvalue weighted by atomic mass is 10.1. The number of hydrogen-bond acceptors (Lipinski definition) is 3. The van der Waals surface area contributed by atoms with E-state index in [0.717, 1.165) is 18.8 Å². The largest absolute Gasteiger partial charge is 0.338 e. The van der Waals surface area contributed by atoms with Gasteiger partial charge in [0.1, 0.15) is 0 Å². The summed E-state index contributed by atoms with van der Waals surface area (Å²) in [4.78, 5) is 15.8. The number of hydroxylamine groups is 1. The van der Waals surface area contributed by atoms with Crippen LogP contribution in [0.5, 0.6) is 0 Å². The molecule has 15 heavy (non-hydrogen) atoms. The monoisotopic (exact) mass is 217 g/mol. The molecule has 0 fully saturated rings. The molecule has 0 bridgehead atoms. The minimum atomic E-state index is -0.298. The van der Waals surface area contributed by atoms with Crippen molar-refractivity contribution >= 4 is 6.03 Å². The van der Waals surface area contributed by atoms with Gasteiger partial charge < -0.3 is 11.1 Å². The third-order valence-electron chi connectivity index (χ3n) is 1.88. The lowest BCUT2D eigenvalue weighted by Gasteiger charge is -2.07. The summed E-state index contributed by atoms with van der Waals surface area (Å²) in [6, 6.07) is -0.298. The molecule has 0 rings (SSSR count). The number of nitrogens with two attached hydrogens (primary N) is 1. The normalized spacial score (nSPS) is 10.4. The van der Waals surface area contributed by atoms with E-state index in [1.165, 1.54) is 6.42 Å². The maximum absolute atomic E-state index is 11.0. The third kappa shape index (κ3) is 11.1. The molecule has 0 saturated carbocycles. The number of hydrogen-bond donors (Lipinski definition) is 3. The van der Waals surface area contributed by atoms with Crippen molar-refractivity contribution in [3.63, 3.8) is 0 Å². The van der Waals surface area contributed by atoms with Crippen molar-refractivity contribution in [3.05, 3.63) is 0 Å². The molecule has 0 aliphatic carbocycles. The Morgan fingerprint density at radius 2 is 2.13 bits per heavy atom. The van der Waals surface area contributed by atoms with E-state index >= 15 is 0 Å². The van der Waals surface area contributed by atoms with Gasteiger partial charge in [-0.05, 0) is 12.3 Å². The van der Waals surface area contributed by atoms with Gasteiger partial charge in [0.15, 0.2) is 0 Å². The Morgan fingerprint density at radius 1 is 1.40 bits per heavy atom. The van der Waals surface area contributed by atoms with Crippen molar-refractivity contribution in [2.45, 2.75) is 33.1 Å². The van der Waals surface area contributed by atoms with Crippen LogP contribution >= 0.6 is 0 Å². The fourth-order valence-electron chi connectivity index (χ4n) is 1.09. The van der Waals surface area contributed by atoms with Crippen molar-refractivity contribution in [3.8, 4) is 0 Å². The Balaban J connectivity index is 3.17. The summed E-state index contributed by atoms with van der Waals surface area (Å²) in [7, 11) is 0. The lowest BCUT2D eigenvalue weighted by molar-refractivity contribution is 0.0667. The summed E-state index contributed by atoms with van der Waals surface area (Å²) in [6.07, 6.45) is 3.34. The van der Waals surface area contributed by atoms with E-state index in [0.29, 0.717) is 19.7 Å². The van der Waals surface area contributed by atoms with Crippen molar-refractivity contribution in [2.24, 2.45) is 11.7 Å². The van der Waals surface area contributed by atoms with E-state index in [-0.39, 0.29) is 6.03 Å². The molecule has 5 nitrogen and oxygen atoms in total. The maximum atomic E-state index is 11.0. The molecule has 2 amide bonds. The van der Waals surface area contributed by atoms with Crippen LogP contribution < -0.4 is 16.5 Å². The summed E-state index contributed by atoms with van der Waals surface area (Å²) in [6.45, 7) is 5.81. The number of amides is 2. The van der Waals surface area contributed by atoms with Crippen LogP contribution in [0.3, 0.4) is 0 Å². The Kier molecular flexibility index (Phi) is 9.21. The molecule has 90 valence electrons. The minimum absolute atomic E-state index is 0.298.